The molecule has 0 aliphatic rings. The highest BCUT2D eigenvalue weighted by atomic mass is 127. The molecule has 0 radical (unpaired) electrons. The number of hydrogen-bond acceptors (Lipinski definition) is 6. The van der Waals surface area contributed by atoms with Gasteiger partial charge in [-0.25, -0.2) is 0 Å². The molecule has 0 aromatic carbocycles. The molecule has 0 aliphatic heterocycles. The Kier molecular flexibility index (Phi) is 12.3. The van der Waals surface area contributed by atoms with Crippen molar-refractivity contribution in [2.24, 2.45) is 0 Å². The van der Waals surface area contributed by atoms with Crippen LogP contribution < -0.4 is 0 Å². The zero-order chi connectivity index (χ0) is 19.8. The molecule has 0 aliphatic carbocycles. The molecular weight excluding hydrogens is 477 g/mol. The van der Waals surface area contributed by atoms with Gasteiger partial charge in [0, 0.05) is 0 Å². The molecular formula is C16H35IO6P2. The van der Waals surface area contributed by atoms with Gasteiger partial charge in [0.05, 0.1) is 24.4 Å². The molecule has 0 saturated carbocycles. The molecule has 0 spiro atoms. The molecule has 152 valence electrons. The normalized spacial score (nSPS) is 13.8. The highest BCUT2D eigenvalue weighted by Gasteiger charge is 2.52. The summed E-state index contributed by atoms with van der Waals surface area (Å²) in [4.78, 5) is 0. The number of rotatable bonds is 13. The maximum absolute atomic E-state index is 13.7. The first-order valence-corrected chi connectivity index (χ1v) is 13.6. The first-order chi connectivity index (χ1) is 11.4. The van der Waals surface area contributed by atoms with Crippen molar-refractivity contribution in [2.45, 2.75) is 98.0 Å². The molecule has 0 atom stereocenters. The van der Waals surface area contributed by atoms with E-state index in [9.17, 15) is 9.13 Å². The first kappa shape index (κ1) is 26.0. The van der Waals surface area contributed by atoms with Crippen LogP contribution in [-0.4, -0.2) is 34.2 Å². The molecule has 0 aromatic heterocycles. The van der Waals surface area contributed by atoms with Crippen LogP contribution in [0.5, 0.6) is 0 Å². The molecule has 0 aromatic rings. The number of alkyl halides is 1. The molecule has 25 heavy (non-hydrogen) atoms. The smallest absolute Gasteiger partial charge is 0.305 e. The summed E-state index contributed by atoms with van der Waals surface area (Å²) in [6.07, 6.45) is -0.241. The zero-order valence-electron chi connectivity index (χ0n) is 16.7. The van der Waals surface area contributed by atoms with Gasteiger partial charge in [0.15, 0.2) is 5.40 Å². The second kappa shape index (κ2) is 11.8. The third kappa shape index (κ3) is 9.68. The molecule has 0 heterocycles. The summed E-state index contributed by atoms with van der Waals surface area (Å²) in [6.45, 7) is 14.2. The van der Waals surface area contributed by atoms with Gasteiger partial charge in [-0.2, -0.15) is 0 Å². The van der Waals surface area contributed by atoms with E-state index >= 15 is 0 Å². The predicted molar refractivity (Wildman–Crippen MR) is 112 cm³/mol. The minimum Gasteiger partial charge on any atom is -0.305 e. The minimum absolute atomic E-state index is 0.335. The van der Waals surface area contributed by atoms with Crippen molar-refractivity contribution in [3.8, 4) is 0 Å². The second-order valence-electron chi connectivity index (χ2n) is 7.01. The maximum Gasteiger partial charge on any atom is 0.346 e. The molecule has 0 bridgehead atoms. The first-order valence-electron chi connectivity index (χ1n) is 8.85. The third-order valence-corrected chi connectivity index (χ3v) is 10.1. The van der Waals surface area contributed by atoms with E-state index in [0.717, 1.165) is 4.43 Å². The average molecular weight is 512 g/mol. The summed E-state index contributed by atoms with van der Waals surface area (Å²) >= 11 is 2.24. The highest BCUT2D eigenvalue weighted by Crippen LogP contribution is 2.73. The third-order valence-electron chi connectivity index (χ3n) is 2.76. The van der Waals surface area contributed by atoms with Crippen molar-refractivity contribution in [1.82, 2.24) is 0 Å². The van der Waals surface area contributed by atoms with Gasteiger partial charge >= 0.3 is 15.2 Å². The summed E-state index contributed by atoms with van der Waals surface area (Å²) < 4.78 is 51.0. The van der Waals surface area contributed by atoms with E-state index in [1.54, 1.807) is 55.4 Å². The van der Waals surface area contributed by atoms with E-state index in [-0.39, 0.29) is 24.4 Å². The van der Waals surface area contributed by atoms with Crippen LogP contribution in [0.1, 0.15) is 68.2 Å². The van der Waals surface area contributed by atoms with E-state index < -0.39 is 20.6 Å². The summed E-state index contributed by atoms with van der Waals surface area (Å²) in [7, 11) is -7.44. The Bertz CT molecular complexity index is 402. The summed E-state index contributed by atoms with van der Waals surface area (Å²) in [6, 6.07) is 0. The van der Waals surface area contributed by atoms with Gasteiger partial charge in [0.2, 0.25) is 0 Å². The van der Waals surface area contributed by atoms with Gasteiger partial charge in [-0.1, -0.05) is 22.6 Å². The van der Waals surface area contributed by atoms with E-state index in [1.165, 1.54) is 0 Å². The Morgan fingerprint density at radius 2 is 0.960 bits per heavy atom. The summed E-state index contributed by atoms with van der Waals surface area (Å²) in [5, 5.41) is -0.940. The Morgan fingerprint density at radius 1 is 0.680 bits per heavy atom. The van der Waals surface area contributed by atoms with Crippen molar-refractivity contribution < 1.29 is 27.2 Å². The lowest BCUT2D eigenvalue weighted by atomic mass is 10.4. The van der Waals surface area contributed by atoms with Crippen molar-refractivity contribution in [1.29, 1.82) is 0 Å². The van der Waals surface area contributed by atoms with Crippen LogP contribution in [0.3, 0.4) is 0 Å². The molecule has 6 nitrogen and oxygen atoms in total. The van der Waals surface area contributed by atoms with E-state index in [4.69, 9.17) is 18.1 Å². The largest absolute Gasteiger partial charge is 0.346 e. The van der Waals surface area contributed by atoms with Crippen LogP contribution in [0.15, 0.2) is 0 Å². The van der Waals surface area contributed by atoms with Gasteiger partial charge in [-0.05, 0) is 72.7 Å². The fourth-order valence-electron chi connectivity index (χ4n) is 2.26. The molecule has 9 heteroatoms. The molecule has 0 N–H and O–H groups in total. The minimum atomic E-state index is -3.72. The molecule has 0 saturated heterocycles. The van der Waals surface area contributed by atoms with Gasteiger partial charge < -0.3 is 18.1 Å². The maximum atomic E-state index is 13.7. The number of halogens is 1. The Labute approximate surface area is 167 Å². The molecule has 0 rings (SSSR count). The van der Waals surface area contributed by atoms with Gasteiger partial charge in [0.1, 0.15) is 0 Å². The monoisotopic (exact) mass is 512 g/mol. The number of hydrogen-bond donors (Lipinski definition) is 0. The van der Waals surface area contributed by atoms with Crippen molar-refractivity contribution in [2.75, 3.05) is 4.43 Å². The van der Waals surface area contributed by atoms with Crippen LogP contribution in [0.25, 0.3) is 0 Å². The van der Waals surface area contributed by atoms with E-state index in [2.05, 4.69) is 22.6 Å². The van der Waals surface area contributed by atoms with Crippen molar-refractivity contribution in [3.63, 3.8) is 0 Å². The van der Waals surface area contributed by atoms with Crippen LogP contribution in [-0.2, 0) is 27.2 Å². The molecule has 0 fully saturated rings. The Balaban J connectivity index is 6.07. The van der Waals surface area contributed by atoms with Gasteiger partial charge in [-0.3, -0.25) is 9.13 Å². The summed E-state index contributed by atoms with van der Waals surface area (Å²) in [5.74, 6) is 0. The lowest BCUT2D eigenvalue weighted by Crippen LogP contribution is -2.23. The van der Waals surface area contributed by atoms with Crippen molar-refractivity contribution in [3.05, 3.63) is 0 Å². The standard InChI is InChI=1S/C16H35IO6P2/c1-12(2)20-24(18,21-13(3)4)16(10-9-11-17)25(19,22-14(5)6)23-15(7)8/h12-16H,9-11H2,1-8H3. The van der Waals surface area contributed by atoms with Gasteiger partial charge in [0.25, 0.3) is 0 Å². The predicted octanol–water partition coefficient (Wildman–Crippen LogP) is 6.61. The lowest BCUT2D eigenvalue weighted by molar-refractivity contribution is 0.121. The van der Waals surface area contributed by atoms with Crippen LogP contribution >= 0.6 is 37.8 Å². The van der Waals surface area contributed by atoms with Crippen LogP contribution in [0.2, 0.25) is 0 Å². The zero-order valence-corrected chi connectivity index (χ0v) is 20.7. The molecule has 0 unspecified atom stereocenters. The van der Waals surface area contributed by atoms with Crippen LogP contribution in [0.4, 0.5) is 0 Å². The Hall–Kier alpha value is 1.03. The summed E-state index contributed by atoms with van der Waals surface area (Å²) in [5.41, 5.74) is 0. The molecule has 0 amide bonds. The van der Waals surface area contributed by atoms with Crippen LogP contribution in [0, 0.1) is 0 Å². The topological polar surface area (TPSA) is 71.1 Å². The van der Waals surface area contributed by atoms with Crippen molar-refractivity contribution >= 4 is 37.8 Å². The average Bonchev–Trinajstić information content (AvgIpc) is 2.33. The fourth-order valence-corrected chi connectivity index (χ4v) is 8.74. The highest BCUT2D eigenvalue weighted by molar-refractivity contribution is 14.1. The fraction of sp³-hybridized carbons (Fsp3) is 1.00. The second-order valence-corrected chi connectivity index (χ2v) is 12.7. The SMILES string of the molecule is CC(C)OP(=O)(OC(C)C)C(CCCI)P(=O)(OC(C)C)OC(C)C. The quantitative estimate of drug-likeness (QED) is 0.157. The van der Waals surface area contributed by atoms with E-state index in [1.807, 2.05) is 0 Å². The Morgan fingerprint density at radius 3 is 1.16 bits per heavy atom. The lowest BCUT2D eigenvalue weighted by Gasteiger charge is -2.35. The van der Waals surface area contributed by atoms with Gasteiger partial charge in [-0.15, -0.1) is 0 Å². The van der Waals surface area contributed by atoms with E-state index in [0.29, 0.717) is 12.8 Å².